The zero-order valence-corrected chi connectivity index (χ0v) is 19.0. The highest BCUT2D eigenvalue weighted by atomic mass is 16.4. The highest BCUT2D eigenvalue weighted by molar-refractivity contribution is 5.95. The Morgan fingerprint density at radius 2 is 1.85 bits per heavy atom. The molecule has 1 aliphatic rings. The average Bonchev–Trinajstić information content (AvgIpc) is 3.28. The topological polar surface area (TPSA) is 109 Å². The summed E-state index contributed by atoms with van der Waals surface area (Å²) >= 11 is 0. The molecule has 2 heterocycles. The van der Waals surface area contributed by atoms with E-state index in [1.165, 1.54) is 6.08 Å². The Labute approximate surface area is 198 Å². The molecule has 8 heteroatoms. The average molecular weight is 461 g/mol. The Hall–Kier alpha value is -3.78. The third kappa shape index (κ3) is 5.77. The molecule has 0 unspecified atom stereocenters. The molecule has 2 N–H and O–H groups in total. The van der Waals surface area contributed by atoms with Crippen molar-refractivity contribution in [2.24, 2.45) is 5.92 Å². The standard InChI is InChI=1S/C26H28N4O4/c1-18-13-28-30(16-18)22-7-2-19(3-8-22)17-29(26(34)21-5-9-24(31)10-6-21)23-12-20(14-27-15-23)4-11-25(32)33/h2-4,7-8,11-16,21,24,31H,5-6,9-10,17H2,1H3,(H,32,33). The third-order valence-electron chi connectivity index (χ3n) is 6.04. The number of aliphatic hydroxyl groups is 1. The van der Waals surface area contributed by atoms with Crippen LogP contribution in [0.3, 0.4) is 0 Å². The number of carboxylic acid groups (broad SMARTS) is 1. The number of nitrogens with zero attached hydrogens (tertiary/aromatic N) is 4. The van der Waals surface area contributed by atoms with Crippen molar-refractivity contribution >= 4 is 23.6 Å². The van der Waals surface area contributed by atoms with Gasteiger partial charge in [-0.2, -0.15) is 5.10 Å². The van der Waals surface area contributed by atoms with Crippen LogP contribution in [0.15, 0.2) is 61.2 Å². The van der Waals surface area contributed by atoms with Gasteiger partial charge in [-0.25, -0.2) is 9.48 Å². The van der Waals surface area contributed by atoms with Gasteiger partial charge in [0.2, 0.25) is 5.91 Å². The number of hydrogen-bond donors (Lipinski definition) is 2. The van der Waals surface area contributed by atoms with Crippen molar-refractivity contribution in [1.82, 2.24) is 14.8 Å². The van der Waals surface area contributed by atoms with Gasteiger partial charge in [-0.3, -0.25) is 9.78 Å². The van der Waals surface area contributed by atoms with Gasteiger partial charge in [-0.1, -0.05) is 12.1 Å². The van der Waals surface area contributed by atoms with Crippen LogP contribution >= 0.6 is 0 Å². The van der Waals surface area contributed by atoms with Crippen LogP contribution in [0.5, 0.6) is 0 Å². The zero-order valence-electron chi connectivity index (χ0n) is 19.0. The SMILES string of the molecule is Cc1cnn(-c2ccc(CN(C(=O)C3CCC(O)CC3)c3cncc(C=CC(=O)O)c3)cc2)c1. The zero-order chi connectivity index (χ0) is 24.1. The minimum Gasteiger partial charge on any atom is -0.478 e. The van der Waals surface area contributed by atoms with Crippen molar-refractivity contribution in [3.8, 4) is 5.69 Å². The van der Waals surface area contributed by atoms with Crippen LogP contribution in [0.25, 0.3) is 11.8 Å². The smallest absolute Gasteiger partial charge is 0.328 e. The van der Waals surface area contributed by atoms with Crippen molar-refractivity contribution in [2.45, 2.75) is 45.3 Å². The number of carbonyl (C=O) groups is 2. The van der Waals surface area contributed by atoms with E-state index >= 15 is 0 Å². The van der Waals surface area contributed by atoms with Gasteiger partial charge in [0.25, 0.3) is 0 Å². The minimum absolute atomic E-state index is 0.0140. The number of aliphatic carboxylic acids is 1. The molecule has 1 aliphatic carbocycles. The van der Waals surface area contributed by atoms with E-state index in [1.807, 2.05) is 37.4 Å². The van der Waals surface area contributed by atoms with Gasteiger partial charge in [-0.15, -0.1) is 0 Å². The van der Waals surface area contributed by atoms with Crippen LogP contribution in [-0.4, -0.2) is 43.0 Å². The summed E-state index contributed by atoms with van der Waals surface area (Å²) in [5, 5.41) is 23.1. The van der Waals surface area contributed by atoms with Gasteiger partial charge in [-0.05, 0) is 73.6 Å². The van der Waals surface area contributed by atoms with Gasteiger partial charge in [0.1, 0.15) is 0 Å². The Bertz CT molecular complexity index is 1180. The lowest BCUT2D eigenvalue weighted by atomic mass is 9.86. The number of rotatable bonds is 7. The number of carbonyl (C=O) groups excluding carboxylic acids is 1. The first-order chi connectivity index (χ1) is 16.4. The van der Waals surface area contributed by atoms with Gasteiger partial charge >= 0.3 is 5.97 Å². The molecule has 4 rings (SSSR count). The Morgan fingerprint density at radius 3 is 2.50 bits per heavy atom. The second kappa shape index (κ2) is 10.4. The minimum atomic E-state index is -1.05. The molecule has 1 saturated carbocycles. The fourth-order valence-corrected chi connectivity index (χ4v) is 4.18. The Morgan fingerprint density at radius 1 is 1.12 bits per heavy atom. The van der Waals surface area contributed by atoms with Crippen LogP contribution in [0.2, 0.25) is 0 Å². The van der Waals surface area contributed by atoms with Crippen molar-refractivity contribution in [3.05, 3.63) is 77.9 Å². The largest absolute Gasteiger partial charge is 0.478 e. The van der Waals surface area contributed by atoms with Gasteiger partial charge in [0.15, 0.2) is 0 Å². The predicted octanol–water partition coefficient (Wildman–Crippen LogP) is 3.76. The fraction of sp³-hybridized carbons (Fsp3) is 0.308. The predicted molar refractivity (Wildman–Crippen MR) is 128 cm³/mol. The number of aliphatic hydroxyl groups excluding tert-OH is 1. The van der Waals surface area contributed by atoms with Gasteiger partial charge in [0, 0.05) is 24.4 Å². The summed E-state index contributed by atoms with van der Waals surface area (Å²) in [6, 6.07) is 9.64. The number of amides is 1. The molecule has 0 bridgehead atoms. The van der Waals surface area contributed by atoms with Crippen molar-refractivity contribution in [3.63, 3.8) is 0 Å². The van der Waals surface area contributed by atoms with E-state index in [9.17, 15) is 14.7 Å². The molecule has 0 saturated heterocycles. The van der Waals surface area contributed by atoms with Gasteiger partial charge < -0.3 is 15.1 Å². The maximum atomic E-state index is 13.6. The quantitative estimate of drug-likeness (QED) is 0.520. The molecule has 1 amide bonds. The number of aryl methyl sites for hydroxylation is 1. The van der Waals surface area contributed by atoms with Crippen molar-refractivity contribution in [1.29, 1.82) is 0 Å². The number of aromatic nitrogens is 3. The van der Waals surface area contributed by atoms with Crippen molar-refractivity contribution < 1.29 is 19.8 Å². The van der Waals surface area contributed by atoms with Crippen LogP contribution in [-0.2, 0) is 16.1 Å². The summed E-state index contributed by atoms with van der Waals surface area (Å²) in [6.45, 7) is 2.34. The molecular formula is C26H28N4O4. The lowest BCUT2D eigenvalue weighted by Crippen LogP contribution is -2.38. The maximum absolute atomic E-state index is 13.6. The molecule has 34 heavy (non-hydrogen) atoms. The van der Waals surface area contributed by atoms with E-state index in [2.05, 4.69) is 10.1 Å². The maximum Gasteiger partial charge on any atom is 0.328 e. The van der Waals surface area contributed by atoms with E-state index in [4.69, 9.17) is 5.11 Å². The van der Waals surface area contributed by atoms with Crippen LogP contribution in [0, 0.1) is 12.8 Å². The van der Waals surface area contributed by atoms with Crippen LogP contribution in [0.1, 0.15) is 42.4 Å². The number of benzene rings is 1. The third-order valence-corrected chi connectivity index (χ3v) is 6.04. The summed E-state index contributed by atoms with van der Waals surface area (Å²) in [5.41, 5.74) is 4.15. The molecule has 3 aromatic rings. The normalized spacial score (nSPS) is 18.2. The van der Waals surface area contributed by atoms with E-state index in [-0.39, 0.29) is 17.9 Å². The molecule has 0 radical (unpaired) electrons. The molecule has 176 valence electrons. The van der Waals surface area contributed by atoms with E-state index in [0.717, 1.165) is 22.9 Å². The first kappa shape index (κ1) is 23.4. The summed E-state index contributed by atoms with van der Waals surface area (Å²) in [7, 11) is 0. The second-order valence-corrected chi connectivity index (χ2v) is 8.71. The first-order valence-electron chi connectivity index (χ1n) is 11.3. The first-order valence-corrected chi connectivity index (χ1v) is 11.3. The number of anilines is 1. The van der Waals surface area contributed by atoms with Crippen LogP contribution < -0.4 is 4.90 Å². The molecule has 0 aliphatic heterocycles. The van der Waals surface area contributed by atoms with E-state index < -0.39 is 5.97 Å². The second-order valence-electron chi connectivity index (χ2n) is 8.71. The summed E-state index contributed by atoms with van der Waals surface area (Å²) < 4.78 is 1.80. The highest BCUT2D eigenvalue weighted by Crippen LogP contribution is 2.29. The Kier molecular flexibility index (Phi) is 7.18. The fourth-order valence-electron chi connectivity index (χ4n) is 4.18. The van der Waals surface area contributed by atoms with E-state index in [0.29, 0.717) is 43.5 Å². The molecule has 1 aromatic carbocycles. The number of pyridine rings is 1. The molecule has 0 atom stereocenters. The monoisotopic (exact) mass is 460 g/mol. The molecule has 0 spiro atoms. The molecule has 8 nitrogen and oxygen atoms in total. The van der Waals surface area contributed by atoms with Gasteiger partial charge in [0.05, 0.1) is 36.4 Å². The Balaban J connectivity index is 1.60. The summed E-state index contributed by atoms with van der Waals surface area (Å²) in [5.74, 6) is -1.24. The van der Waals surface area contributed by atoms with E-state index in [1.54, 1.807) is 34.2 Å². The number of carboxylic acids is 1. The van der Waals surface area contributed by atoms with Crippen molar-refractivity contribution in [2.75, 3.05) is 4.90 Å². The molecule has 2 aromatic heterocycles. The summed E-state index contributed by atoms with van der Waals surface area (Å²) in [6.07, 6.45) is 11.6. The molecule has 1 fully saturated rings. The highest BCUT2D eigenvalue weighted by Gasteiger charge is 2.30. The summed E-state index contributed by atoms with van der Waals surface area (Å²) in [4.78, 5) is 30.4. The number of hydrogen-bond acceptors (Lipinski definition) is 5. The lowest BCUT2D eigenvalue weighted by molar-refractivity contribution is -0.131. The molecular weight excluding hydrogens is 432 g/mol. The van der Waals surface area contributed by atoms with Crippen LogP contribution in [0.4, 0.5) is 5.69 Å². The lowest BCUT2D eigenvalue weighted by Gasteiger charge is -2.31.